The normalized spacial score (nSPS) is 12.2. The van der Waals surface area contributed by atoms with Crippen LogP contribution in [0.2, 0.25) is 0 Å². The molecule has 0 bridgehead atoms. The Morgan fingerprint density at radius 1 is 1.04 bits per heavy atom. The fourth-order valence-corrected chi connectivity index (χ4v) is 3.38. The predicted molar refractivity (Wildman–Crippen MR) is 85.2 cm³/mol. The van der Waals surface area contributed by atoms with Crippen LogP contribution in [0, 0.1) is 6.92 Å². The van der Waals surface area contributed by atoms with Crippen LogP contribution in [0.5, 0.6) is 0 Å². The highest BCUT2D eigenvalue weighted by atomic mass is 32.2. The van der Waals surface area contributed by atoms with Crippen LogP contribution >= 0.6 is 11.8 Å². The van der Waals surface area contributed by atoms with Crippen molar-refractivity contribution in [2.45, 2.75) is 22.9 Å². The van der Waals surface area contributed by atoms with Crippen molar-refractivity contribution in [3.8, 4) is 0 Å². The van der Waals surface area contributed by atoms with Crippen LogP contribution in [0.3, 0.4) is 0 Å². The van der Waals surface area contributed by atoms with Crippen LogP contribution in [0.25, 0.3) is 0 Å². The maximum atomic E-state index is 12.9. The molecule has 2 aromatic rings. The van der Waals surface area contributed by atoms with Crippen molar-refractivity contribution >= 4 is 27.5 Å². The standard InChI is InChI=1S/C15H14F3NO2S2/c1-10-3-6-12(7-4-10)22-14-9-11(15(16,17)18)5-8-13(14)19-23(2,20)21/h3-9,19H,1-2H3. The van der Waals surface area contributed by atoms with Crippen LogP contribution in [0.4, 0.5) is 18.9 Å². The summed E-state index contributed by atoms with van der Waals surface area (Å²) in [5.41, 5.74) is 0.310. The number of hydrogen-bond donors (Lipinski definition) is 1. The van der Waals surface area contributed by atoms with E-state index in [1.54, 1.807) is 12.1 Å². The second-order valence-corrected chi connectivity index (χ2v) is 7.86. The smallest absolute Gasteiger partial charge is 0.283 e. The van der Waals surface area contributed by atoms with Crippen LogP contribution in [0.15, 0.2) is 52.3 Å². The molecular weight excluding hydrogens is 347 g/mol. The Kier molecular flexibility index (Phi) is 4.95. The van der Waals surface area contributed by atoms with Gasteiger partial charge in [0.25, 0.3) is 0 Å². The van der Waals surface area contributed by atoms with Gasteiger partial charge in [-0.05, 0) is 37.3 Å². The first-order chi connectivity index (χ1) is 10.5. The zero-order valence-electron chi connectivity index (χ0n) is 12.3. The van der Waals surface area contributed by atoms with Crippen molar-refractivity contribution in [3.63, 3.8) is 0 Å². The van der Waals surface area contributed by atoms with E-state index in [0.29, 0.717) is 4.90 Å². The number of nitrogens with one attached hydrogen (secondary N) is 1. The summed E-state index contributed by atoms with van der Waals surface area (Å²) in [4.78, 5) is 0.903. The largest absolute Gasteiger partial charge is 0.416 e. The third kappa shape index (κ3) is 5.18. The summed E-state index contributed by atoms with van der Waals surface area (Å²) in [5, 5.41) is 0. The molecule has 0 saturated heterocycles. The van der Waals surface area contributed by atoms with Crippen LogP contribution in [-0.2, 0) is 16.2 Å². The van der Waals surface area contributed by atoms with Crippen molar-refractivity contribution in [2.75, 3.05) is 11.0 Å². The molecule has 0 aromatic heterocycles. The summed E-state index contributed by atoms with van der Waals surface area (Å²) in [7, 11) is -3.59. The molecule has 0 saturated carbocycles. The molecule has 3 nitrogen and oxygen atoms in total. The van der Waals surface area contributed by atoms with Gasteiger partial charge in [0.1, 0.15) is 0 Å². The predicted octanol–water partition coefficient (Wildman–Crippen LogP) is 4.54. The first kappa shape index (κ1) is 17.7. The number of alkyl halides is 3. The second-order valence-electron chi connectivity index (χ2n) is 5.00. The van der Waals surface area contributed by atoms with E-state index in [-0.39, 0.29) is 10.6 Å². The van der Waals surface area contributed by atoms with Crippen LogP contribution < -0.4 is 4.72 Å². The zero-order valence-corrected chi connectivity index (χ0v) is 13.9. The maximum Gasteiger partial charge on any atom is 0.416 e. The van der Waals surface area contributed by atoms with E-state index in [2.05, 4.69) is 4.72 Å². The maximum absolute atomic E-state index is 12.9. The Morgan fingerprint density at radius 3 is 2.17 bits per heavy atom. The molecular formula is C15H14F3NO2S2. The van der Waals surface area contributed by atoms with Gasteiger partial charge in [-0.2, -0.15) is 13.2 Å². The fraction of sp³-hybridized carbons (Fsp3) is 0.200. The minimum atomic E-state index is -4.49. The van der Waals surface area contributed by atoms with Crippen molar-refractivity contribution < 1.29 is 21.6 Å². The average molecular weight is 361 g/mol. The molecule has 0 fully saturated rings. The summed E-state index contributed by atoms with van der Waals surface area (Å²) in [6, 6.07) is 10.1. The summed E-state index contributed by atoms with van der Waals surface area (Å²) < 4.78 is 63.7. The van der Waals surface area contributed by atoms with Crippen molar-refractivity contribution in [1.82, 2.24) is 0 Å². The molecule has 2 rings (SSSR count). The number of halogens is 3. The monoisotopic (exact) mass is 361 g/mol. The number of hydrogen-bond acceptors (Lipinski definition) is 3. The number of benzene rings is 2. The molecule has 0 amide bonds. The molecule has 0 aliphatic carbocycles. The van der Waals surface area contributed by atoms with E-state index in [1.807, 2.05) is 19.1 Å². The molecule has 0 radical (unpaired) electrons. The molecule has 0 aliphatic rings. The van der Waals surface area contributed by atoms with Gasteiger partial charge in [-0.3, -0.25) is 4.72 Å². The van der Waals surface area contributed by atoms with E-state index >= 15 is 0 Å². The molecule has 8 heteroatoms. The molecule has 2 aromatic carbocycles. The van der Waals surface area contributed by atoms with Gasteiger partial charge in [-0.25, -0.2) is 8.42 Å². The highest BCUT2D eigenvalue weighted by Gasteiger charge is 2.31. The molecule has 0 heterocycles. The topological polar surface area (TPSA) is 46.2 Å². The third-order valence-corrected chi connectivity index (χ3v) is 4.51. The van der Waals surface area contributed by atoms with Gasteiger partial charge in [-0.15, -0.1) is 0 Å². The molecule has 23 heavy (non-hydrogen) atoms. The van der Waals surface area contributed by atoms with Gasteiger partial charge >= 0.3 is 6.18 Å². The Bertz CT molecular complexity index is 800. The van der Waals surface area contributed by atoms with Gasteiger partial charge in [0.05, 0.1) is 17.5 Å². The Labute approximate surface area is 137 Å². The molecule has 0 atom stereocenters. The Hall–Kier alpha value is -1.67. The van der Waals surface area contributed by atoms with E-state index in [1.165, 1.54) is 0 Å². The molecule has 0 aliphatic heterocycles. The third-order valence-electron chi connectivity index (χ3n) is 2.85. The van der Waals surface area contributed by atoms with Crippen molar-refractivity contribution in [3.05, 3.63) is 53.6 Å². The van der Waals surface area contributed by atoms with Crippen molar-refractivity contribution in [2.24, 2.45) is 0 Å². The molecule has 0 spiro atoms. The molecule has 1 N–H and O–H groups in total. The van der Waals surface area contributed by atoms with Gasteiger partial charge in [0.15, 0.2) is 0 Å². The lowest BCUT2D eigenvalue weighted by Gasteiger charge is -2.14. The average Bonchev–Trinajstić information content (AvgIpc) is 2.40. The molecule has 124 valence electrons. The first-order valence-corrected chi connectivity index (χ1v) is 9.19. The Morgan fingerprint density at radius 2 is 1.65 bits per heavy atom. The SMILES string of the molecule is Cc1ccc(Sc2cc(C(F)(F)F)ccc2NS(C)(=O)=O)cc1. The van der Waals surface area contributed by atoms with E-state index < -0.39 is 21.8 Å². The van der Waals surface area contributed by atoms with Gasteiger partial charge in [-0.1, -0.05) is 29.5 Å². The zero-order chi connectivity index (χ0) is 17.3. The summed E-state index contributed by atoms with van der Waals surface area (Å²) in [6.07, 6.45) is -3.54. The number of rotatable bonds is 4. The summed E-state index contributed by atoms with van der Waals surface area (Å²) in [5.74, 6) is 0. The first-order valence-electron chi connectivity index (χ1n) is 6.48. The minimum absolute atomic E-state index is 0.117. The molecule has 0 unspecified atom stereocenters. The quantitative estimate of drug-likeness (QED) is 0.870. The lowest BCUT2D eigenvalue weighted by Crippen LogP contribution is -2.11. The Balaban J connectivity index is 2.45. The van der Waals surface area contributed by atoms with Crippen molar-refractivity contribution in [1.29, 1.82) is 0 Å². The number of aryl methyl sites for hydroxylation is 1. The highest BCUT2D eigenvalue weighted by Crippen LogP contribution is 2.39. The van der Waals surface area contributed by atoms with Gasteiger partial charge in [0, 0.05) is 9.79 Å². The second kappa shape index (κ2) is 6.45. The lowest BCUT2D eigenvalue weighted by atomic mass is 10.2. The van der Waals surface area contributed by atoms with E-state index in [4.69, 9.17) is 0 Å². The van der Waals surface area contributed by atoms with Gasteiger partial charge < -0.3 is 0 Å². The number of anilines is 1. The lowest BCUT2D eigenvalue weighted by molar-refractivity contribution is -0.137. The number of sulfonamides is 1. The van der Waals surface area contributed by atoms with Gasteiger partial charge in [0.2, 0.25) is 10.0 Å². The minimum Gasteiger partial charge on any atom is -0.283 e. The fourth-order valence-electron chi connectivity index (χ4n) is 1.80. The van der Waals surface area contributed by atoms with Crippen LogP contribution in [-0.4, -0.2) is 14.7 Å². The summed E-state index contributed by atoms with van der Waals surface area (Å²) >= 11 is 1.07. The van der Waals surface area contributed by atoms with E-state index in [9.17, 15) is 21.6 Å². The van der Waals surface area contributed by atoms with E-state index in [0.717, 1.165) is 41.8 Å². The highest BCUT2D eigenvalue weighted by molar-refractivity contribution is 7.99. The summed E-state index contributed by atoms with van der Waals surface area (Å²) in [6.45, 7) is 1.90. The van der Waals surface area contributed by atoms with Crippen LogP contribution in [0.1, 0.15) is 11.1 Å².